The molecule has 5 heteroatoms. The lowest BCUT2D eigenvalue weighted by atomic mass is 10.0. The normalized spacial score (nSPS) is 11.4. The van der Waals surface area contributed by atoms with E-state index in [1.54, 1.807) is 0 Å². The van der Waals surface area contributed by atoms with Gasteiger partial charge in [-0.1, -0.05) is 24.3 Å². The Morgan fingerprint density at radius 3 is 2.42 bits per heavy atom. The van der Waals surface area contributed by atoms with E-state index in [2.05, 4.69) is 36.3 Å². The number of rotatable bonds is 2. The Kier molecular flexibility index (Phi) is 3.61. The zero-order valence-electron chi connectivity index (χ0n) is 15.7. The molecule has 132 valence electrons. The van der Waals surface area contributed by atoms with Gasteiger partial charge < -0.3 is 14.9 Å². The molecule has 26 heavy (non-hydrogen) atoms. The van der Waals surface area contributed by atoms with Gasteiger partial charge in [0.1, 0.15) is 0 Å². The lowest BCUT2D eigenvalue weighted by molar-refractivity contribution is 0.959. The third-order valence-corrected chi connectivity index (χ3v) is 5.25. The minimum atomic E-state index is -0.0738. The monoisotopic (exact) mass is 346 g/mol. The molecule has 5 nitrogen and oxygen atoms in total. The molecule has 0 bridgehead atoms. The number of aryl methyl sites for hydroxylation is 5. The van der Waals surface area contributed by atoms with Crippen LogP contribution in [0.5, 0.6) is 0 Å². The summed E-state index contributed by atoms with van der Waals surface area (Å²) in [6, 6.07) is 10.2. The zero-order valence-corrected chi connectivity index (χ0v) is 15.7. The zero-order chi connectivity index (χ0) is 18.6. The van der Waals surface area contributed by atoms with Crippen molar-refractivity contribution in [2.75, 3.05) is 5.32 Å². The van der Waals surface area contributed by atoms with Crippen LogP contribution in [0.3, 0.4) is 0 Å². The molecule has 0 fully saturated rings. The van der Waals surface area contributed by atoms with Gasteiger partial charge in [0.25, 0.3) is 5.56 Å². The number of H-pyrrole nitrogens is 1. The van der Waals surface area contributed by atoms with Gasteiger partial charge in [0.15, 0.2) is 0 Å². The highest BCUT2D eigenvalue weighted by molar-refractivity contribution is 6.06. The quantitative estimate of drug-likeness (QED) is 0.566. The molecule has 2 heterocycles. The van der Waals surface area contributed by atoms with E-state index in [1.807, 2.05) is 43.7 Å². The number of fused-ring (bicyclic) bond motifs is 3. The number of pyridine rings is 1. The number of nitrogens with one attached hydrogen (secondary N) is 2. The maximum atomic E-state index is 12.7. The van der Waals surface area contributed by atoms with E-state index in [0.717, 1.165) is 50.4 Å². The van der Waals surface area contributed by atoms with Gasteiger partial charge in [-0.2, -0.15) is 0 Å². The van der Waals surface area contributed by atoms with Crippen molar-refractivity contribution >= 4 is 33.4 Å². The smallest absolute Gasteiger partial charge is 0.258 e. The van der Waals surface area contributed by atoms with Crippen molar-refractivity contribution in [3.8, 4) is 0 Å². The summed E-state index contributed by atoms with van der Waals surface area (Å²) in [6.45, 7) is 8.11. The predicted octanol–water partition coefficient (Wildman–Crippen LogP) is 4.39. The average Bonchev–Trinajstić information content (AvgIpc) is 2.92. The van der Waals surface area contributed by atoms with Crippen molar-refractivity contribution in [2.45, 2.75) is 27.7 Å². The first-order valence-electron chi connectivity index (χ1n) is 8.70. The molecule has 0 saturated heterocycles. The molecule has 0 atom stereocenters. The molecule has 0 spiro atoms. The van der Waals surface area contributed by atoms with Crippen LogP contribution in [0.25, 0.3) is 21.8 Å². The van der Waals surface area contributed by atoms with Crippen LogP contribution in [0.1, 0.15) is 22.4 Å². The van der Waals surface area contributed by atoms with Crippen LogP contribution in [0.2, 0.25) is 0 Å². The molecule has 2 aromatic carbocycles. The number of anilines is 2. The van der Waals surface area contributed by atoms with E-state index >= 15 is 0 Å². The summed E-state index contributed by atoms with van der Waals surface area (Å²) in [4.78, 5) is 20.4. The summed E-state index contributed by atoms with van der Waals surface area (Å²) in [6.07, 6.45) is 0. The Bertz CT molecular complexity index is 1210. The number of para-hydroxylation sites is 1. The summed E-state index contributed by atoms with van der Waals surface area (Å²) in [7, 11) is 1.94. The van der Waals surface area contributed by atoms with Crippen LogP contribution in [0.15, 0.2) is 35.1 Å². The minimum absolute atomic E-state index is 0.0738. The highest BCUT2D eigenvalue weighted by Crippen LogP contribution is 2.30. The van der Waals surface area contributed by atoms with Gasteiger partial charge in [-0.3, -0.25) is 4.79 Å². The van der Waals surface area contributed by atoms with Crippen LogP contribution in [0, 0.1) is 27.7 Å². The molecular weight excluding hydrogens is 324 g/mol. The summed E-state index contributed by atoms with van der Waals surface area (Å²) in [5.74, 6) is 0.725. The van der Waals surface area contributed by atoms with Crippen LogP contribution >= 0.6 is 0 Å². The van der Waals surface area contributed by atoms with Crippen molar-refractivity contribution in [2.24, 2.45) is 7.05 Å². The molecule has 0 amide bonds. The SMILES string of the molecule is Cc1cccc(C)c1Nc1nc2ccc3c(C)c(C)[nH]c(=O)c3c2n1C. The van der Waals surface area contributed by atoms with Gasteiger partial charge >= 0.3 is 0 Å². The topological polar surface area (TPSA) is 62.7 Å². The second kappa shape index (κ2) is 5.73. The first-order valence-corrected chi connectivity index (χ1v) is 8.70. The van der Waals surface area contributed by atoms with Gasteiger partial charge in [0.05, 0.1) is 16.4 Å². The third kappa shape index (κ3) is 2.31. The molecule has 0 aliphatic carbocycles. The molecule has 4 aromatic rings. The number of nitrogens with zero attached hydrogens (tertiary/aromatic N) is 2. The summed E-state index contributed by atoms with van der Waals surface area (Å²) in [5.41, 5.74) is 6.94. The minimum Gasteiger partial charge on any atom is -0.326 e. The van der Waals surface area contributed by atoms with Gasteiger partial charge in [0, 0.05) is 18.4 Å². The lowest BCUT2D eigenvalue weighted by Gasteiger charge is -2.12. The van der Waals surface area contributed by atoms with Crippen molar-refractivity contribution in [1.29, 1.82) is 0 Å². The van der Waals surface area contributed by atoms with Crippen molar-refractivity contribution < 1.29 is 0 Å². The number of hydrogen-bond donors (Lipinski definition) is 2. The number of aromatic nitrogens is 3. The first kappa shape index (κ1) is 16.4. The summed E-state index contributed by atoms with van der Waals surface area (Å²) in [5, 5.41) is 5.11. The van der Waals surface area contributed by atoms with Gasteiger partial charge in [-0.05, 0) is 55.8 Å². The second-order valence-corrected chi connectivity index (χ2v) is 6.95. The van der Waals surface area contributed by atoms with E-state index < -0.39 is 0 Å². The Hall–Kier alpha value is -3.08. The Morgan fingerprint density at radius 1 is 1.04 bits per heavy atom. The molecule has 2 N–H and O–H groups in total. The van der Waals surface area contributed by atoms with E-state index in [0.29, 0.717) is 5.39 Å². The van der Waals surface area contributed by atoms with Crippen molar-refractivity contribution in [3.63, 3.8) is 0 Å². The predicted molar refractivity (Wildman–Crippen MR) is 108 cm³/mol. The maximum absolute atomic E-state index is 12.7. The highest BCUT2D eigenvalue weighted by atomic mass is 16.1. The fraction of sp³-hybridized carbons (Fsp3) is 0.238. The van der Waals surface area contributed by atoms with E-state index in [1.165, 1.54) is 0 Å². The Morgan fingerprint density at radius 2 is 1.73 bits per heavy atom. The van der Waals surface area contributed by atoms with Gasteiger partial charge in [-0.25, -0.2) is 4.98 Å². The Balaban J connectivity index is 2.00. The van der Waals surface area contributed by atoms with Crippen molar-refractivity contribution in [3.05, 3.63) is 63.1 Å². The standard InChI is InChI=1S/C21H22N4O/c1-11-7-6-8-12(2)18(11)24-21-23-16-10-9-15-13(3)14(4)22-20(26)17(15)19(16)25(21)5/h6-10H,1-5H3,(H,22,26)(H,23,24). The molecule has 0 radical (unpaired) electrons. The lowest BCUT2D eigenvalue weighted by Crippen LogP contribution is -2.11. The number of aromatic amines is 1. The number of benzene rings is 2. The third-order valence-electron chi connectivity index (χ3n) is 5.25. The summed E-state index contributed by atoms with van der Waals surface area (Å²) >= 11 is 0. The van der Waals surface area contributed by atoms with E-state index in [9.17, 15) is 4.79 Å². The van der Waals surface area contributed by atoms with Gasteiger partial charge in [-0.15, -0.1) is 0 Å². The largest absolute Gasteiger partial charge is 0.326 e. The molecular formula is C21H22N4O. The first-order chi connectivity index (χ1) is 12.4. The maximum Gasteiger partial charge on any atom is 0.258 e. The van der Waals surface area contributed by atoms with Crippen LogP contribution in [-0.4, -0.2) is 14.5 Å². The molecule has 0 aliphatic heterocycles. The molecule has 0 aliphatic rings. The number of hydrogen-bond acceptors (Lipinski definition) is 3. The Labute approximate surface area is 151 Å². The molecule has 0 unspecified atom stereocenters. The number of imidazole rings is 1. The highest BCUT2D eigenvalue weighted by Gasteiger charge is 2.16. The molecule has 4 rings (SSSR count). The average molecular weight is 346 g/mol. The fourth-order valence-corrected chi connectivity index (χ4v) is 3.61. The molecule has 2 aromatic heterocycles. The summed E-state index contributed by atoms with van der Waals surface area (Å²) < 4.78 is 1.97. The fourth-order valence-electron chi connectivity index (χ4n) is 3.61. The van der Waals surface area contributed by atoms with Gasteiger partial charge in [0.2, 0.25) is 5.95 Å². The van der Waals surface area contributed by atoms with E-state index in [-0.39, 0.29) is 5.56 Å². The van der Waals surface area contributed by atoms with Crippen LogP contribution < -0.4 is 10.9 Å². The van der Waals surface area contributed by atoms with E-state index in [4.69, 9.17) is 4.98 Å². The second-order valence-electron chi connectivity index (χ2n) is 6.95. The molecule has 0 saturated carbocycles. The van der Waals surface area contributed by atoms with Crippen molar-refractivity contribution in [1.82, 2.24) is 14.5 Å². The van der Waals surface area contributed by atoms with Crippen LogP contribution in [0.4, 0.5) is 11.6 Å². The van der Waals surface area contributed by atoms with Crippen LogP contribution in [-0.2, 0) is 7.05 Å².